The fourth-order valence-corrected chi connectivity index (χ4v) is 2.26. The average Bonchev–Trinajstić information content (AvgIpc) is 2.18. The number of anilines is 1. The average molecular weight is 285 g/mol. The lowest BCUT2D eigenvalue weighted by molar-refractivity contribution is -0.118. The summed E-state index contributed by atoms with van der Waals surface area (Å²) in [6, 6.07) is 7.35. The molecule has 2 N–H and O–H groups in total. The zero-order valence-corrected chi connectivity index (χ0v) is 12.3. The monoisotopic (exact) mass is 284 g/mol. The van der Waals surface area contributed by atoms with Gasteiger partial charge in [-0.05, 0) is 45.1 Å². The van der Waals surface area contributed by atoms with Gasteiger partial charge in [-0.25, -0.2) is 0 Å². The molecule has 18 heavy (non-hydrogen) atoms. The van der Waals surface area contributed by atoms with Gasteiger partial charge in [0.05, 0.1) is 10.7 Å². The molecule has 5 heteroatoms. The second-order valence-corrected chi connectivity index (χ2v) is 5.64. The number of para-hydroxylation sites is 1. The Morgan fingerprint density at radius 2 is 2.00 bits per heavy atom. The van der Waals surface area contributed by atoms with Gasteiger partial charge in [0.25, 0.3) is 0 Å². The summed E-state index contributed by atoms with van der Waals surface area (Å²) in [7, 11) is 0. The van der Waals surface area contributed by atoms with Crippen LogP contribution in [0.2, 0.25) is 5.02 Å². The van der Waals surface area contributed by atoms with E-state index in [1.165, 1.54) is 0 Å². The Balaban J connectivity index is 2.62. The van der Waals surface area contributed by atoms with E-state index in [2.05, 4.69) is 10.6 Å². The molecule has 0 aliphatic carbocycles. The van der Waals surface area contributed by atoms with Crippen molar-refractivity contribution < 1.29 is 4.79 Å². The van der Waals surface area contributed by atoms with E-state index in [0.29, 0.717) is 16.6 Å². The number of hydrogen-bond acceptors (Lipinski definition) is 2. The molecule has 0 heterocycles. The molecule has 0 bridgehead atoms. The zero-order chi connectivity index (χ0) is 13.8. The number of benzene rings is 1. The first-order valence-corrected chi connectivity index (χ1v) is 6.42. The molecule has 98 valence electrons. The summed E-state index contributed by atoms with van der Waals surface area (Å²) < 4.78 is 0. The van der Waals surface area contributed by atoms with Crippen LogP contribution >= 0.6 is 23.8 Å². The van der Waals surface area contributed by atoms with E-state index in [1.807, 2.05) is 32.0 Å². The topological polar surface area (TPSA) is 41.1 Å². The fraction of sp³-hybridized carbons (Fsp3) is 0.385. The van der Waals surface area contributed by atoms with Gasteiger partial charge in [0.1, 0.15) is 5.78 Å². The summed E-state index contributed by atoms with van der Waals surface area (Å²) >= 11 is 11.2. The normalized spacial score (nSPS) is 10.9. The summed E-state index contributed by atoms with van der Waals surface area (Å²) in [6.07, 6.45) is 0.414. The molecule has 3 nitrogen and oxygen atoms in total. The highest BCUT2D eigenvalue weighted by Gasteiger charge is 2.20. The predicted octanol–water partition coefficient (Wildman–Crippen LogP) is 3.38. The standard InChI is InChI=1S/C13H17ClN2OS/c1-9(17)8-13(2,3)16-12(18)15-11-7-5-4-6-10(11)14/h4-7H,8H2,1-3H3,(H2,15,16,18). The van der Waals surface area contributed by atoms with Gasteiger partial charge in [0.15, 0.2) is 5.11 Å². The van der Waals surface area contributed by atoms with Crippen LogP contribution in [-0.4, -0.2) is 16.4 Å². The maximum Gasteiger partial charge on any atom is 0.171 e. The van der Waals surface area contributed by atoms with Crippen LogP contribution in [0, 0.1) is 0 Å². The lowest BCUT2D eigenvalue weighted by atomic mass is 9.99. The van der Waals surface area contributed by atoms with Crippen molar-refractivity contribution in [2.24, 2.45) is 0 Å². The van der Waals surface area contributed by atoms with Crippen molar-refractivity contribution in [3.63, 3.8) is 0 Å². The van der Waals surface area contributed by atoms with Gasteiger partial charge in [-0.2, -0.15) is 0 Å². The molecule has 0 saturated carbocycles. The third-order valence-electron chi connectivity index (χ3n) is 2.26. The Hall–Kier alpha value is -1.13. The smallest absolute Gasteiger partial charge is 0.171 e. The highest BCUT2D eigenvalue weighted by molar-refractivity contribution is 7.80. The van der Waals surface area contributed by atoms with Gasteiger partial charge in [-0.3, -0.25) is 4.79 Å². The summed E-state index contributed by atoms with van der Waals surface area (Å²) in [6.45, 7) is 5.41. The molecule has 1 aromatic rings. The van der Waals surface area contributed by atoms with Crippen molar-refractivity contribution in [1.82, 2.24) is 5.32 Å². The first kappa shape index (κ1) is 14.9. The molecule has 0 spiro atoms. The molecule has 0 saturated heterocycles. The van der Waals surface area contributed by atoms with Gasteiger partial charge in [-0.1, -0.05) is 23.7 Å². The van der Waals surface area contributed by atoms with Crippen LogP contribution in [0.25, 0.3) is 0 Å². The Labute approximate surface area is 118 Å². The lowest BCUT2D eigenvalue weighted by Crippen LogP contribution is -2.46. The van der Waals surface area contributed by atoms with E-state index >= 15 is 0 Å². The summed E-state index contributed by atoms with van der Waals surface area (Å²) in [5, 5.41) is 7.18. The molecule has 0 radical (unpaired) electrons. The molecule has 0 unspecified atom stereocenters. The van der Waals surface area contributed by atoms with Crippen LogP contribution in [0.4, 0.5) is 5.69 Å². The predicted molar refractivity (Wildman–Crippen MR) is 80.2 cm³/mol. The summed E-state index contributed by atoms with van der Waals surface area (Å²) in [5.41, 5.74) is 0.368. The number of Topliss-reactive ketones (excluding diaryl/α,β-unsaturated/α-hetero) is 1. The number of nitrogens with one attached hydrogen (secondary N) is 2. The van der Waals surface area contributed by atoms with Crippen molar-refractivity contribution >= 4 is 40.4 Å². The highest BCUT2D eigenvalue weighted by atomic mass is 35.5. The number of hydrogen-bond donors (Lipinski definition) is 2. The maximum atomic E-state index is 11.1. The number of thiocarbonyl (C=S) groups is 1. The van der Waals surface area contributed by atoms with Crippen LogP contribution < -0.4 is 10.6 Å². The fourth-order valence-electron chi connectivity index (χ4n) is 1.69. The van der Waals surface area contributed by atoms with E-state index in [4.69, 9.17) is 23.8 Å². The minimum Gasteiger partial charge on any atom is -0.357 e. The molecule has 0 fully saturated rings. The van der Waals surface area contributed by atoms with Gasteiger partial charge >= 0.3 is 0 Å². The van der Waals surface area contributed by atoms with Crippen molar-refractivity contribution in [2.75, 3.05) is 5.32 Å². The van der Waals surface area contributed by atoms with Crippen LogP contribution in [0.1, 0.15) is 27.2 Å². The maximum absolute atomic E-state index is 11.1. The zero-order valence-electron chi connectivity index (χ0n) is 10.7. The second kappa shape index (κ2) is 6.16. The summed E-state index contributed by atoms with van der Waals surface area (Å²) in [4.78, 5) is 11.1. The Kier molecular flexibility index (Phi) is 5.11. The van der Waals surface area contributed by atoms with E-state index in [1.54, 1.807) is 13.0 Å². The Morgan fingerprint density at radius 3 is 2.56 bits per heavy atom. The van der Waals surface area contributed by atoms with Crippen molar-refractivity contribution in [2.45, 2.75) is 32.7 Å². The van der Waals surface area contributed by atoms with Crippen molar-refractivity contribution in [3.8, 4) is 0 Å². The number of carbonyl (C=O) groups is 1. The molecule has 0 amide bonds. The quantitative estimate of drug-likeness (QED) is 0.832. The Morgan fingerprint density at radius 1 is 1.39 bits per heavy atom. The lowest BCUT2D eigenvalue weighted by Gasteiger charge is -2.27. The van der Waals surface area contributed by atoms with Crippen LogP contribution in [-0.2, 0) is 4.79 Å². The molecule has 0 atom stereocenters. The molecule has 0 aromatic heterocycles. The van der Waals surface area contributed by atoms with E-state index < -0.39 is 0 Å². The first-order chi connectivity index (χ1) is 8.30. The largest absolute Gasteiger partial charge is 0.357 e. The van der Waals surface area contributed by atoms with Gasteiger partial charge in [-0.15, -0.1) is 0 Å². The van der Waals surface area contributed by atoms with Gasteiger partial charge in [0.2, 0.25) is 0 Å². The van der Waals surface area contributed by atoms with Gasteiger partial charge < -0.3 is 10.6 Å². The minimum absolute atomic E-state index is 0.119. The number of ketones is 1. The Bertz CT molecular complexity index is 460. The number of rotatable bonds is 4. The van der Waals surface area contributed by atoms with E-state index in [0.717, 1.165) is 5.69 Å². The summed E-state index contributed by atoms with van der Waals surface area (Å²) in [5.74, 6) is 0.119. The van der Waals surface area contributed by atoms with Crippen molar-refractivity contribution in [3.05, 3.63) is 29.3 Å². The number of carbonyl (C=O) groups excluding carboxylic acids is 1. The second-order valence-electron chi connectivity index (χ2n) is 4.82. The minimum atomic E-state index is -0.378. The van der Waals surface area contributed by atoms with Crippen LogP contribution in [0.5, 0.6) is 0 Å². The SMILES string of the molecule is CC(=O)CC(C)(C)NC(=S)Nc1ccccc1Cl. The molecule has 0 aliphatic heterocycles. The molecular formula is C13H17ClN2OS. The molecule has 1 rings (SSSR count). The first-order valence-electron chi connectivity index (χ1n) is 5.63. The van der Waals surface area contributed by atoms with Crippen molar-refractivity contribution in [1.29, 1.82) is 0 Å². The molecule has 0 aliphatic rings. The number of halogens is 1. The third-order valence-corrected chi connectivity index (χ3v) is 2.80. The molecule has 1 aromatic carbocycles. The van der Waals surface area contributed by atoms with E-state index in [-0.39, 0.29) is 11.3 Å². The van der Waals surface area contributed by atoms with E-state index in [9.17, 15) is 4.79 Å². The molecular weight excluding hydrogens is 268 g/mol. The van der Waals surface area contributed by atoms with Gasteiger partial charge in [0, 0.05) is 12.0 Å². The van der Waals surface area contributed by atoms with Crippen LogP contribution in [0.3, 0.4) is 0 Å². The third kappa shape index (κ3) is 5.02. The van der Waals surface area contributed by atoms with Crippen LogP contribution in [0.15, 0.2) is 24.3 Å². The highest BCUT2D eigenvalue weighted by Crippen LogP contribution is 2.20.